The molecule has 3 nitrogen and oxygen atoms in total. The molecule has 0 aliphatic rings. The van der Waals surface area contributed by atoms with Crippen LogP contribution in [-0.2, 0) is 0 Å². The molecule has 0 saturated carbocycles. The van der Waals surface area contributed by atoms with Crippen LogP contribution in [0.15, 0.2) is 6.07 Å². The standard InChI is InChI=1S/C10H15N3/c1-7(2)10-5-9(6-11)13(12-10)8(3)4/h5,7-8H,1-4H3. The molecule has 3 heteroatoms. The first-order valence-electron chi connectivity index (χ1n) is 4.55. The number of nitriles is 1. The Kier molecular flexibility index (Phi) is 2.72. The van der Waals surface area contributed by atoms with Crippen molar-refractivity contribution in [1.29, 1.82) is 5.26 Å². The van der Waals surface area contributed by atoms with Crippen LogP contribution in [0, 0.1) is 11.3 Å². The lowest BCUT2D eigenvalue weighted by Gasteiger charge is -2.05. The van der Waals surface area contributed by atoms with Crippen LogP contribution < -0.4 is 0 Å². The minimum Gasteiger partial charge on any atom is -0.252 e. The molecular formula is C10H15N3. The van der Waals surface area contributed by atoms with Gasteiger partial charge in [-0.15, -0.1) is 0 Å². The lowest BCUT2D eigenvalue weighted by molar-refractivity contribution is 0.517. The van der Waals surface area contributed by atoms with Gasteiger partial charge in [-0.1, -0.05) is 13.8 Å². The first kappa shape index (κ1) is 9.79. The molecule has 1 aromatic rings. The molecule has 0 aliphatic heterocycles. The van der Waals surface area contributed by atoms with Gasteiger partial charge in [0, 0.05) is 6.04 Å². The average Bonchev–Trinajstić information content (AvgIpc) is 2.47. The fourth-order valence-corrected chi connectivity index (χ4v) is 1.17. The first-order chi connectivity index (χ1) is 6.06. The highest BCUT2D eigenvalue weighted by Crippen LogP contribution is 2.16. The molecule has 0 aromatic carbocycles. The summed E-state index contributed by atoms with van der Waals surface area (Å²) in [4.78, 5) is 0. The maximum absolute atomic E-state index is 8.85. The summed E-state index contributed by atoms with van der Waals surface area (Å²) in [7, 11) is 0. The van der Waals surface area contributed by atoms with Crippen LogP contribution in [0.3, 0.4) is 0 Å². The molecule has 0 bridgehead atoms. The van der Waals surface area contributed by atoms with Gasteiger partial charge in [-0.2, -0.15) is 10.4 Å². The third-order valence-corrected chi connectivity index (χ3v) is 1.95. The molecular weight excluding hydrogens is 162 g/mol. The summed E-state index contributed by atoms with van der Waals surface area (Å²) in [6.07, 6.45) is 0. The zero-order valence-electron chi connectivity index (χ0n) is 8.57. The van der Waals surface area contributed by atoms with Gasteiger partial charge in [0.2, 0.25) is 0 Å². The molecule has 0 spiro atoms. The van der Waals surface area contributed by atoms with Crippen LogP contribution in [0.4, 0.5) is 0 Å². The highest BCUT2D eigenvalue weighted by Gasteiger charge is 2.11. The monoisotopic (exact) mass is 177 g/mol. The van der Waals surface area contributed by atoms with Crippen molar-refractivity contribution >= 4 is 0 Å². The van der Waals surface area contributed by atoms with Crippen molar-refractivity contribution in [2.24, 2.45) is 0 Å². The molecule has 0 saturated heterocycles. The first-order valence-corrected chi connectivity index (χ1v) is 4.55. The van der Waals surface area contributed by atoms with Crippen molar-refractivity contribution in [3.8, 4) is 6.07 Å². The Morgan fingerprint density at radius 3 is 2.31 bits per heavy atom. The second kappa shape index (κ2) is 3.61. The summed E-state index contributed by atoms with van der Waals surface area (Å²) in [5, 5.41) is 13.2. The summed E-state index contributed by atoms with van der Waals surface area (Å²) >= 11 is 0. The largest absolute Gasteiger partial charge is 0.252 e. The highest BCUT2D eigenvalue weighted by molar-refractivity contribution is 5.25. The van der Waals surface area contributed by atoms with E-state index < -0.39 is 0 Å². The lowest BCUT2D eigenvalue weighted by atomic mass is 10.1. The average molecular weight is 177 g/mol. The second-order valence-electron chi connectivity index (χ2n) is 3.76. The molecule has 0 atom stereocenters. The molecule has 1 rings (SSSR count). The summed E-state index contributed by atoms with van der Waals surface area (Å²) in [5.41, 5.74) is 1.64. The van der Waals surface area contributed by atoms with E-state index in [-0.39, 0.29) is 6.04 Å². The molecule has 0 N–H and O–H groups in total. The molecule has 1 aromatic heterocycles. The normalized spacial score (nSPS) is 10.8. The van der Waals surface area contributed by atoms with Gasteiger partial charge in [-0.3, -0.25) is 4.68 Å². The topological polar surface area (TPSA) is 41.6 Å². The molecule has 0 unspecified atom stereocenters. The fourth-order valence-electron chi connectivity index (χ4n) is 1.17. The van der Waals surface area contributed by atoms with E-state index >= 15 is 0 Å². The number of nitrogens with zero attached hydrogens (tertiary/aromatic N) is 3. The van der Waals surface area contributed by atoms with Crippen molar-refractivity contribution in [1.82, 2.24) is 9.78 Å². The predicted octanol–water partition coefficient (Wildman–Crippen LogP) is 2.46. The van der Waals surface area contributed by atoms with Gasteiger partial charge in [0.15, 0.2) is 0 Å². The Labute approximate surface area is 79.0 Å². The van der Waals surface area contributed by atoms with Crippen LogP contribution in [0.25, 0.3) is 0 Å². The van der Waals surface area contributed by atoms with E-state index in [2.05, 4.69) is 25.0 Å². The number of hydrogen-bond donors (Lipinski definition) is 0. The summed E-state index contributed by atoms with van der Waals surface area (Å²) < 4.78 is 1.77. The Balaban J connectivity index is 3.14. The molecule has 0 aliphatic carbocycles. The summed E-state index contributed by atoms with van der Waals surface area (Å²) in [6, 6.07) is 4.27. The minimum absolute atomic E-state index is 0.252. The van der Waals surface area contributed by atoms with Crippen LogP contribution in [0.1, 0.15) is 51.0 Å². The Bertz CT molecular complexity index is 328. The predicted molar refractivity (Wildman–Crippen MR) is 51.4 cm³/mol. The number of rotatable bonds is 2. The number of aromatic nitrogens is 2. The van der Waals surface area contributed by atoms with Gasteiger partial charge in [0.25, 0.3) is 0 Å². The smallest absolute Gasteiger partial charge is 0.139 e. The SMILES string of the molecule is CC(C)c1cc(C#N)n(C(C)C)n1. The van der Waals surface area contributed by atoms with E-state index in [1.54, 1.807) is 4.68 Å². The Hall–Kier alpha value is -1.30. The van der Waals surface area contributed by atoms with Crippen molar-refractivity contribution < 1.29 is 0 Å². The highest BCUT2D eigenvalue weighted by atomic mass is 15.3. The van der Waals surface area contributed by atoms with Gasteiger partial charge < -0.3 is 0 Å². The van der Waals surface area contributed by atoms with Gasteiger partial charge >= 0.3 is 0 Å². The maximum atomic E-state index is 8.85. The zero-order valence-corrected chi connectivity index (χ0v) is 8.57. The van der Waals surface area contributed by atoms with E-state index in [0.717, 1.165) is 5.69 Å². The third-order valence-electron chi connectivity index (χ3n) is 1.95. The lowest BCUT2D eigenvalue weighted by Crippen LogP contribution is -2.05. The molecule has 70 valence electrons. The van der Waals surface area contributed by atoms with E-state index in [4.69, 9.17) is 5.26 Å². The molecule has 0 radical (unpaired) electrons. The summed E-state index contributed by atoms with van der Waals surface area (Å²) in [6.45, 7) is 8.21. The quantitative estimate of drug-likeness (QED) is 0.696. The summed E-state index contributed by atoms with van der Waals surface area (Å²) in [5.74, 6) is 0.382. The van der Waals surface area contributed by atoms with Crippen LogP contribution >= 0.6 is 0 Å². The van der Waals surface area contributed by atoms with E-state index in [1.165, 1.54) is 0 Å². The van der Waals surface area contributed by atoms with Gasteiger partial charge in [0.05, 0.1) is 5.69 Å². The molecule has 1 heterocycles. The van der Waals surface area contributed by atoms with Crippen LogP contribution in [0.2, 0.25) is 0 Å². The van der Waals surface area contributed by atoms with Gasteiger partial charge in [-0.25, -0.2) is 0 Å². The van der Waals surface area contributed by atoms with Crippen molar-refractivity contribution in [2.45, 2.75) is 39.7 Å². The Morgan fingerprint density at radius 2 is 2.00 bits per heavy atom. The molecule has 0 fully saturated rings. The van der Waals surface area contributed by atoms with Crippen molar-refractivity contribution in [3.05, 3.63) is 17.5 Å². The van der Waals surface area contributed by atoms with E-state index in [1.807, 2.05) is 19.9 Å². The van der Waals surface area contributed by atoms with E-state index in [9.17, 15) is 0 Å². The third kappa shape index (κ3) is 1.89. The zero-order chi connectivity index (χ0) is 10.0. The van der Waals surface area contributed by atoms with Crippen molar-refractivity contribution in [2.75, 3.05) is 0 Å². The van der Waals surface area contributed by atoms with E-state index in [0.29, 0.717) is 11.6 Å². The minimum atomic E-state index is 0.252. The van der Waals surface area contributed by atoms with Gasteiger partial charge in [0.1, 0.15) is 11.8 Å². The van der Waals surface area contributed by atoms with Crippen LogP contribution in [-0.4, -0.2) is 9.78 Å². The second-order valence-corrected chi connectivity index (χ2v) is 3.76. The van der Waals surface area contributed by atoms with Crippen LogP contribution in [0.5, 0.6) is 0 Å². The Morgan fingerprint density at radius 1 is 1.38 bits per heavy atom. The maximum Gasteiger partial charge on any atom is 0.139 e. The molecule has 0 amide bonds. The fraction of sp³-hybridized carbons (Fsp3) is 0.600. The van der Waals surface area contributed by atoms with Gasteiger partial charge in [-0.05, 0) is 25.8 Å². The number of hydrogen-bond acceptors (Lipinski definition) is 2. The van der Waals surface area contributed by atoms with Crippen molar-refractivity contribution in [3.63, 3.8) is 0 Å². The molecule has 13 heavy (non-hydrogen) atoms.